The standard InChI is InChI=1S/C29H35F4N5O2/c1-17-25(28(39)37-11-7-22(8-12-37)34-24-9-13-40-16-23(24)30)35-26(19-2-3-19)36-27(17)38-10-6-18-4-5-21(29(31,32)33)14-20(18)15-38/h4-5,14,19,22-24,34H,2-3,6-13,15-16H2,1H3/t23-,24+/m0/s1. The van der Waals surface area contributed by atoms with Crippen LogP contribution in [0.3, 0.4) is 0 Å². The number of hydrogen-bond donors (Lipinski definition) is 1. The molecular weight excluding hydrogens is 526 g/mol. The number of likely N-dealkylation sites (tertiary alicyclic amines) is 1. The summed E-state index contributed by atoms with van der Waals surface area (Å²) in [5.41, 5.74) is 1.92. The van der Waals surface area contributed by atoms with Gasteiger partial charge >= 0.3 is 6.18 Å². The molecular formula is C29H35F4N5O2. The van der Waals surface area contributed by atoms with E-state index in [1.165, 1.54) is 6.07 Å². The molecule has 7 nitrogen and oxygen atoms in total. The predicted molar refractivity (Wildman–Crippen MR) is 141 cm³/mol. The van der Waals surface area contributed by atoms with Gasteiger partial charge in [0.2, 0.25) is 0 Å². The minimum atomic E-state index is -4.40. The van der Waals surface area contributed by atoms with Gasteiger partial charge in [0.15, 0.2) is 0 Å². The molecule has 0 bridgehead atoms. The molecule has 0 spiro atoms. The van der Waals surface area contributed by atoms with E-state index in [0.717, 1.165) is 37.3 Å². The fourth-order valence-electron chi connectivity index (χ4n) is 6.07. The van der Waals surface area contributed by atoms with E-state index in [4.69, 9.17) is 14.7 Å². The Hall–Kier alpha value is -2.79. The first-order chi connectivity index (χ1) is 19.2. The molecule has 3 aliphatic heterocycles. The number of piperidine rings is 1. The van der Waals surface area contributed by atoms with Crippen LogP contribution in [0.25, 0.3) is 0 Å². The van der Waals surface area contributed by atoms with Crippen molar-refractivity contribution < 1.29 is 27.1 Å². The summed E-state index contributed by atoms with van der Waals surface area (Å²) in [6, 6.07) is 3.88. The van der Waals surface area contributed by atoms with Crippen molar-refractivity contribution in [1.82, 2.24) is 20.2 Å². The number of carbonyl (C=O) groups is 1. The van der Waals surface area contributed by atoms with Crippen LogP contribution < -0.4 is 10.2 Å². The van der Waals surface area contributed by atoms with Crippen molar-refractivity contribution in [3.63, 3.8) is 0 Å². The number of aromatic nitrogens is 2. The van der Waals surface area contributed by atoms with Gasteiger partial charge in [-0.2, -0.15) is 13.2 Å². The quantitative estimate of drug-likeness (QED) is 0.540. The molecule has 6 rings (SSSR count). The number of carbonyl (C=O) groups excluding carboxylic acids is 1. The summed E-state index contributed by atoms with van der Waals surface area (Å²) >= 11 is 0. The number of alkyl halides is 4. The fraction of sp³-hybridized carbons (Fsp3) is 0.621. The molecule has 216 valence electrons. The number of hydrogen-bond acceptors (Lipinski definition) is 6. The smallest absolute Gasteiger partial charge is 0.378 e. The van der Waals surface area contributed by atoms with Crippen LogP contribution >= 0.6 is 0 Å². The van der Waals surface area contributed by atoms with Gasteiger partial charge in [-0.1, -0.05) is 6.07 Å². The summed E-state index contributed by atoms with van der Waals surface area (Å²) in [5.74, 6) is 1.34. The molecule has 0 radical (unpaired) electrons. The molecule has 0 unspecified atom stereocenters. The number of rotatable bonds is 5. The van der Waals surface area contributed by atoms with Crippen LogP contribution in [0.2, 0.25) is 0 Å². The number of anilines is 1. The second-order valence-corrected chi connectivity index (χ2v) is 11.5. The van der Waals surface area contributed by atoms with Gasteiger partial charge in [-0.15, -0.1) is 0 Å². The van der Waals surface area contributed by atoms with Crippen LogP contribution in [0, 0.1) is 6.92 Å². The van der Waals surface area contributed by atoms with Crippen molar-refractivity contribution in [3.8, 4) is 0 Å². The maximum Gasteiger partial charge on any atom is 0.416 e. The lowest BCUT2D eigenvalue weighted by Gasteiger charge is -2.37. The van der Waals surface area contributed by atoms with Crippen molar-refractivity contribution in [2.75, 3.05) is 37.7 Å². The van der Waals surface area contributed by atoms with Crippen molar-refractivity contribution in [1.29, 1.82) is 0 Å². The molecule has 3 fully saturated rings. The highest BCUT2D eigenvalue weighted by Gasteiger charge is 2.35. The van der Waals surface area contributed by atoms with Gasteiger partial charge in [0.25, 0.3) is 5.91 Å². The SMILES string of the molecule is Cc1c(C(=O)N2CCC(N[C@@H]3CCOC[C@@H]3F)CC2)nc(C2CC2)nc1N1CCc2ccc(C(F)(F)F)cc2C1. The average molecular weight is 562 g/mol. The van der Waals surface area contributed by atoms with E-state index in [0.29, 0.717) is 74.1 Å². The van der Waals surface area contributed by atoms with E-state index in [-0.39, 0.29) is 30.5 Å². The molecule has 11 heteroatoms. The lowest BCUT2D eigenvalue weighted by molar-refractivity contribution is -0.137. The Kier molecular flexibility index (Phi) is 7.45. The first-order valence-electron chi connectivity index (χ1n) is 14.3. The van der Waals surface area contributed by atoms with Crippen molar-refractivity contribution in [3.05, 3.63) is 52.0 Å². The molecule has 1 aliphatic carbocycles. The van der Waals surface area contributed by atoms with Crippen molar-refractivity contribution in [2.24, 2.45) is 0 Å². The minimum absolute atomic E-state index is 0.125. The number of halogens is 4. The van der Waals surface area contributed by atoms with E-state index in [1.54, 1.807) is 6.07 Å². The number of fused-ring (bicyclic) bond motifs is 1. The van der Waals surface area contributed by atoms with Gasteiger partial charge in [-0.3, -0.25) is 4.79 Å². The molecule has 2 saturated heterocycles. The summed E-state index contributed by atoms with van der Waals surface area (Å²) in [6.07, 6.45) is -0.780. The lowest BCUT2D eigenvalue weighted by atomic mass is 9.96. The summed E-state index contributed by atoms with van der Waals surface area (Å²) in [7, 11) is 0. The summed E-state index contributed by atoms with van der Waals surface area (Å²) < 4.78 is 59.5. The van der Waals surface area contributed by atoms with Crippen LogP contribution in [-0.4, -0.2) is 71.9 Å². The van der Waals surface area contributed by atoms with Crippen LogP contribution in [0.4, 0.5) is 23.4 Å². The lowest BCUT2D eigenvalue weighted by Crippen LogP contribution is -2.52. The van der Waals surface area contributed by atoms with Crippen LogP contribution in [0.5, 0.6) is 0 Å². The monoisotopic (exact) mass is 561 g/mol. The molecule has 1 N–H and O–H groups in total. The van der Waals surface area contributed by atoms with Crippen LogP contribution in [-0.2, 0) is 23.9 Å². The summed E-state index contributed by atoms with van der Waals surface area (Å²) in [5, 5.41) is 3.43. The molecule has 4 aliphatic rings. The zero-order valence-corrected chi connectivity index (χ0v) is 22.6. The first-order valence-corrected chi connectivity index (χ1v) is 14.3. The highest BCUT2D eigenvalue weighted by Crippen LogP contribution is 2.40. The Morgan fingerprint density at radius 1 is 1.05 bits per heavy atom. The van der Waals surface area contributed by atoms with E-state index in [1.807, 2.05) is 16.7 Å². The van der Waals surface area contributed by atoms with Gasteiger partial charge in [0, 0.05) is 56.4 Å². The highest BCUT2D eigenvalue weighted by molar-refractivity contribution is 5.95. The van der Waals surface area contributed by atoms with Crippen LogP contribution in [0.15, 0.2) is 18.2 Å². The number of nitrogens with one attached hydrogen (secondary N) is 1. The number of nitrogens with zero attached hydrogens (tertiary/aromatic N) is 4. The molecule has 40 heavy (non-hydrogen) atoms. The zero-order valence-electron chi connectivity index (χ0n) is 22.6. The summed E-state index contributed by atoms with van der Waals surface area (Å²) in [4.78, 5) is 27.1. The van der Waals surface area contributed by atoms with Crippen molar-refractivity contribution in [2.45, 2.75) is 82.3 Å². The van der Waals surface area contributed by atoms with E-state index < -0.39 is 17.9 Å². The third-order valence-electron chi connectivity index (χ3n) is 8.65. The fourth-order valence-corrected chi connectivity index (χ4v) is 6.07. The van der Waals surface area contributed by atoms with Crippen molar-refractivity contribution >= 4 is 11.7 Å². The molecule has 4 heterocycles. The van der Waals surface area contributed by atoms with E-state index in [9.17, 15) is 22.4 Å². The molecule has 1 aromatic carbocycles. The molecule has 2 atom stereocenters. The number of benzene rings is 1. The molecule has 1 amide bonds. The second-order valence-electron chi connectivity index (χ2n) is 11.5. The normalized spacial score (nSPS) is 24.2. The Morgan fingerprint density at radius 3 is 2.52 bits per heavy atom. The highest BCUT2D eigenvalue weighted by atomic mass is 19.4. The van der Waals surface area contributed by atoms with Gasteiger partial charge < -0.3 is 19.9 Å². The van der Waals surface area contributed by atoms with Gasteiger partial charge in [0.05, 0.1) is 12.2 Å². The maximum absolute atomic E-state index is 14.2. The largest absolute Gasteiger partial charge is 0.416 e. The Labute approximate surface area is 231 Å². The summed E-state index contributed by atoms with van der Waals surface area (Å²) in [6.45, 7) is 4.51. The number of ether oxygens (including phenoxy) is 1. The Morgan fingerprint density at radius 2 is 1.82 bits per heavy atom. The molecule has 1 aromatic heterocycles. The predicted octanol–water partition coefficient (Wildman–Crippen LogP) is 4.57. The third kappa shape index (κ3) is 5.68. The zero-order chi connectivity index (χ0) is 28.0. The minimum Gasteiger partial charge on any atom is -0.378 e. The maximum atomic E-state index is 14.2. The second kappa shape index (κ2) is 10.9. The van der Waals surface area contributed by atoms with Gasteiger partial charge in [-0.05, 0) is 68.7 Å². The van der Waals surface area contributed by atoms with E-state index >= 15 is 0 Å². The third-order valence-corrected chi connectivity index (χ3v) is 8.65. The number of amides is 1. The average Bonchev–Trinajstić information content (AvgIpc) is 3.79. The Balaban J connectivity index is 1.19. The topological polar surface area (TPSA) is 70.6 Å². The van der Waals surface area contributed by atoms with Gasteiger partial charge in [0.1, 0.15) is 23.5 Å². The van der Waals surface area contributed by atoms with E-state index in [2.05, 4.69) is 5.32 Å². The Bertz CT molecular complexity index is 1260. The first kappa shape index (κ1) is 27.4. The van der Waals surface area contributed by atoms with Crippen LogP contribution in [0.1, 0.15) is 76.6 Å². The molecule has 1 saturated carbocycles. The molecule has 2 aromatic rings. The van der Waals surface area contributed by atoms with Gasteiger partial charge in [-0.25, -0.2) is 14.4 Å².